The van der Waals surface area contributed by atoms with Crippen molar-refractivity contribution in [2.24, 2.45) is 0 Å². The lowest BCUT2D eigenvalue weighted by molar-refractivity contribution is -0.130. The molecule has 0 bridgehead atoms. The summed E-state index contributed by atoms with van der Waals surface area (Å²) in [6, 6.07) is 17.2. The zero-order valence-electron chi connectivity index (χ0n) is 17.6. The Kier molecular flexibility index (Phi) is 5.41. The normalized spacial score (nSPS) is 21.5. The molecule has 2 aromatic heterocycles. The summed E-state index contributed by atoms with van der Waals surface area (Å²) in [6.07, 6.45) is 5.64. The van der Waals surface area contributed by atoms with Crippen LogP contribution in [0, 0.1) is 0 Å². The second kappa shape index (κ2) is 8.51. The number of aromatic nitrogens is 2. The van der Waals surface area contributed by atoms with Crippen molar-refractivity contribution in [2.45, 2.75) is 24.4 Å². The molecule has 1 spiro atoms. The summed E-state index contributed by atoms with van der Waals surface area (Å²) < 4.78 is 5.97. The van der Waals surface area contributed by atoms with Crippen molar-refractivity contribution in [2.75, 3.05) is 24.6 Å². The van der Waals surface area contributed by atoms with E-state index in [1.807, 2.05) is 42.5 Å². The van der Waals surface area contributed by atoms with E-state index in [-0.39, 0.29) is 11.8 Å². The highest BCUT2D eigenvalue weighted by Gasteiger charge is 2.51. The Bertz CT molecular complexity index is 1120. The molecule has 7 nitrogen and oxygen atoms in total. The number of amides is 2. The first kappa shape index (κ1) is 20.3. The Morgan fingerprint density at radius 1 is 1.09 bits per heavy atom. The van der Waals surface area contributed by atoms with Gasteiger partial charge in [-0.15, -0.1) is 0 Å². The molecule has 1 saturated heterocycles. The molecule has 4 heterocycles. The van der Waals surface area contributed by atoms with Crippen LogP contribution < -0.4 is 10.2 Å². The number of rotatable bonds is 5. The minimum absolute atomic E-state index is 0.0920. The number of nitrogens with zero attached hydrogens (tertiary/aromatic N) is 3. The van der Waals surface area contributed by atoms with Crippen molar-refractivity contribution in [1.82, 2.24) is 15.3 Å². The summed E-state index contributed by atoms with van der Waals surface area (Å²) in [4.78, 5) is 36.1. The number of hydrogen-bond acceptors (Lipinski definition) is 5. The summed E-state index contributed by atoms with van der Waals surface area (Å²) in [5, 5.41) is 2.97. The molecular formula is C25H24N4O3. The van der Waals surface area contributed by atoms with Gasteiger partial charge in [-0.3, -0.25) is 19.6 Å². The van der Waals surface area contributed by atoms with Crippen molar-refractivity contribution in [1.29, 1.82) is 0 Å². The standard InChI is InChI=1S/C25H24N4O3/c30-23(28-13-10-19-7-3-4-12-27-19)22-14-25(17-32-22)16-29(21-9-2-1-8-20(21)25)24(31)18-6-5-11-26-15-18/h1-9,11-12,15,22H,10,13-14,16-17H2,(H,28,30)/t22-,25-/m1/s1. The van der Waals surface area contributed by atoms with E-state index in [1.54, 1.807) is 35.6 Å². The second-order valence-corrected chi connectivity index (χ2v) is 8.30. The molecule has 0 unspecified atom stereocenters. The average molecular weight is 428 g/mol. The predicted octanol–water partition coefficient (Wildman–Crippen LogP) is 2.52. The van der Waals surface area contributed by atoms with Crippen molar-refractivity contribution in [3.8, 4) is 0 Å². The monoisotopic (exact) mass is 428 g/mol. The number of anilines is 1. The first-order chi connectivity index (χ1) is 15.7. The van der Waals surface area contributed by atoms with E-state index in [0.29, 0.717) is 38.1 Å². The van der Waals surface area contributed by atoms with E-state index in [4.69, 9.17) is 4.74 Å². The van der Waals surface area contributed by atoms with Gasteiger partial charge in [0.2, 0.25) is 5.91 Å². The first-order valence-electron chi connectivity index (χ1n) is 10.8. The average Bonchev–Trinajstić information content (AvgIpc) is 3.42. The molecule has 1 N–H and O–H groups in total. The lowest BCUT2D eigenvalue weighted by Crippen LogP contribution is -2.39. The number of benzene rings is 1. The second-order valence-electron chi connectivity index (χ2n) is 8.30. The summed E-state index contributed by atoms with van der Waals surface area (Å²) in [5.74, 6) is -0.210. The van der Waals surface area contributed by atoms with E-state index in [0.717, 1.165) is 16.9 Å². The van der Waals surface area contributed by atoms with Gasteiger partial charge in [0.15, 0.2) is 0 Å². The van der Waals surface area contributed by atoms with Crippen LogP contribution in [0.15, 0.2) is 73.2 Å². The zero-order valence-corrected chi connectivity index (χ0v) is 17.6. The van der Waals surface area contributed by atoms with Gasteiger partial charge in [0.1, 0.15) is 6.10 Å². The third-order valence-corrected chi connectivity index (χ3v) is 6.22. The zero-order chi connectivity index (χ0) is 22.0. The van der Waals surface area contributed by atoms with E-state index in [2.05, 4.69) is 15.3 Å². The van der Waals surface area contributed by atoms with Gasteiger partial charge < -0.3 is 15.0 Å². The van der Waals surface area contributed by atoms with Gasteiger partial charge in [-0.05, 0) is 42.3 Å². The summed E-state index contributed by atoms with van der Waals surface area (Å²) in [5.41, 5.74) is 3.02. The first-order valence-corrected chi connectivity index (χ1v) is 10.8. The molecule has 5 rings (SSSR count). The molecule has 2 amide bonds. The topological polar surface area (TPSA) is 84.4 Å². The molecule has 1 fully saturated rings. The van der Waals surface area contributed by atoms with Crippen molar-refractivity contribution in [3.63, 3.8) is 0 Å². The molecule has 2 atom stereocenters. The molecule has 32 heavy (non-hydrogen) atoms. The van der Waals surface area contributed by atoms with E-state index in [1.165, 1.54) is 0 Å². The van der Waals surface area contributed by atoms with Gasteiger partial charge in [0.05, 0.1) is 12.2 Å². The smallest absolute Gasteiger partial charge is 0.259 e. The number of nitrogens with one attached hydrogen (secondary N) is 1. The van der Waals surface area contributed by atoms with Crippen LogP contribution in [0.25, 0.3) is 0 Å². The SMILES string of the molecule is O=C(NCCc1ccccn1)[C@H]1C[C@]2(CO1)CN(C(=O)c1cccnc1)c1ccccc12. The van der Waals surface area contributed by atoms with Crippen molar-refractivity contribution < 1.29 is 14.3 Å². The van der Waals surface area contributed by atoms with Crippen LogP contribution in [0.3, 0.4) is 0 Å². The summed E-state index contributed by atoms with van der Waals surface area (Å²) in [7, 11) is 0. The lowest BCUT2D eigenvalue weighted by Gasteiger charge is -2.23. The lowest BCUT2D eigenvalue weighted by atomic mass is 9.80. The number of hydrogen-bond donors (Lipinski definition) is 1. The van der Waals surface area contributed by atoms with Gasteiger partial charge in [0.25, 0.3) is 5.91 Å². The molecule has 1 aromatic carbocycles. The third kappa shape index (κ3) is 3.76. The third-order valence-electron chi connectivity index (χ3n) is 6.22. The molecular weight excluding hydrogens is 404 g/mol. The Hall–Kier alpha value is -3.58. The van der Waals surface area contributed by atoms with E-state index < -0.39 is 11.5 Å². The maximum atomic E-state index is 13.2. The van der Waals surface area contributed by atoms with Crippen LogP contribution in [-0.2, 0) is 21.4 Å². The highest BCUT2D eigenvalue weighted by Crippen LogP contribution is 2.47. The van der Waals surface area contributed by atoms with Crippen LogP contribution in [-0.4, -0.2) is 47.6 Å². The molecule has 2 aliphatic rings. The fraction of sp³-hybridized carbons (Fsp3) is 0.280. The Balaban J connectivity index is 1.29. The molecule has 2 aliphatic heterocycles. The van der Waals surface area contributed by atoms with Crippen LogP contribution in [0.5, 0.6) is 0 Å². The Morgan fingerprint density at radius 2 is 1.97 bits per heavy atom. The van der Waals surface area contributed by atoms with Crippen molar-refractivity contribution in [3.05, 3.63) is 90.0 Å². The van der Waals surface area contributed by atoms with E-state index in [9.17, 15) is 9.59 Å². The van der Waals surface area contributed by atoms with Gasteiger partial charge in [-0.2, -0.15) is 0 Å². The van der Waals surface area contributed by atoms with Gasteiger partial charge in [0, 0.05) is 54.9 Å². The highest BCUT2D eigenvalue weighted by atomic mass is 16.5. The number of para-hydroxylation sites is 1. The molecule has 0 aliphatic carbocycles. The van der Waals surface area contributed by atoms with Crippen LogP contribution in [0.2, 0.25) is 0 Å². The van der Waals surface area contributed by atoms with Gasteiger partial charge in [-0.25, -0.2) is 0 Å². The quantitative estimate of drug-likeness (QED) is 0.675. The van der Waals surface area contributed by atoms with Crippen molar-refractivity contribution >= 4 is 17.5 Å². The Morgan fingerprint density at radius 3 is 2.78 bits per heavy atom. The number of ether oxygens (including phenoxy) is 1. The van der Waals surface area contributed by atoms with E-state index >= 15 is 0 Å². The van der Waals surface area contributed by atoms with Crippen LogP contribution >= 0.6 is 0 Å². The number of carbonyl (C=O) groups is 2. The fourth-order valence-electron chi connectivity index (χ4n) is 4.63. The molecule has 3 aromatic rings. The molecule has 0 radical (unpaired) electrons. The van der Waals surface area contributed by atoms with Crippen LogP contribution in [0.4, 0.5) is 5.69 Å². The minimum atomic E-state index is -0.541. The number of carbonyl (C=O) groups excluding carboxylic acids is 2. The number of pyridine rings is 2. The van der Waals surface area contributed by atoms with Gasteiger partial charge >= 0.3 is 0 Å². The molecule has 0 saturated carbocycles. The minimum Gasteiger partial charge on any atom is -0.367 e. The maximum Gasteiger partial charge on any atom is 0.259 e. The molecule has 7 heteroatoms. The Labute approximate surface area is 186 Å². The summed E-state index contributed by atoms with van der Waals surface area (Å²) >= 11 is 0. The molecule has 162 valence electrons. The largest absolute Gasteiger partial charge is 0.367 e. The number of fused-ring (bicyclic) bond motifs is 2. The fourth-order valence-corrected chi connectivity index (χ4v) is 4.63. The summed E-state index contributed by atoms with van der Waals surface area (Å²) in [6.45, 7) is 1.39. The predicted molar refractivity (Wildman–Crippen MR) is 119 cm³/mol. The maximum absolute atomic E-state index is 13.2. The van der Waals surface area contributed by atoms with Gasteiger partial charge in [-0.1, -0.05) is 24.3 Å². The van der Waals surface area contributed by atoms with Crippen LogP contribution in [0.1, 0.15) is 28.0 Å². The highest BCUT2D eigenvalue weighted by molar-refractivity contribution is 6.07.